The first-order valence-electron chi connectivity index (χ1n) is 5.81. The van der Waals surface area contributed by atoms with Crippen molar-refractivity contribution >= 4 is 11.7 Å². The topological polar surface area (TPSA) is 92.9 Å². The number of nitrogen functional groups attached to an aromatic ring is 1. The summed E-state index contributed by atoms with van der Waals surface area (Å²) in [6.45, 7) is 2.35. The Labute approximate surface area is 111 Å². The van der Waals surface area contributed by atoms with Crippen LogP contribution in [0.5, 0.6) is 0 Å². The van der Waals surface area contributed by atoms with E-state index in [9.17, 15) is 4.79 Å². The lowest BCUT2D eigenvalue weighted by atomic mass is 10.2. The molecule has 2 heterocycles. The molecule has 0 saturated heterocycles. The smallest absolute Gasteiger partial charge is 0.251 e. The fourth-order valence-corrected chi connectivity index (χ4v) is 1.54. The number of carbonyl (C=O) groups is 1. The predicted octanol–water partition coefficient (Wildman–Crippen LogP) is 1.00. The molecular weight excluding hydrogens is 242 g/mol. The van der Waals surface area contributed by atoms with Gasteiger partial charge in [0.15, 0.2) is 0 Å². The summed E-state index contributed by atoms with van der Waals surface area (Å²) in [6.07, 6.45) is 3.27. The van der Waals surface area contributed by atoms with E-state index in [0.717, 1.165) is 11.3 Å². The Kier molecular flexibility index (Phi) is 4.04. The monoisotopic (exact) mass is 257 g/mol. The Hall–Kier alpha value is -2.47. The zero-order valence-electron chi connectivity index (χ0n) is 10.6. The summed E-state index contributed by atoms with van der Waals surface area (Å²) >= 11 is 0. The molecule has 2 rings (SSSR count). The van der Waals surface area contributed by atoms with Gasteiger partial charge in [0.1, 0.15) is 5.82 Å². The number of nitrogens with one attached hydrogen (secondary N) is 2. The van der Waals surface area contributed by atoms with Gasteiger partial charge < -0.3 is 10.7 Å². The number of nitrogens with two attached hydrogens (primary N) is 1. The summed E-state index contributed by atoms with van der Waals surface area (Å²) in [6, 6.07) is 7.05. The molecule has 0 bridgehead atoms. The van der Waals surface area contributed by atoms with E-state index in [4.69, 9.17) is 5.84 Å². The van der Waals surface area contributed by atoms with Gasteiger partial charge in [-0.25, -0.2) is 10.8 Å². The minimum absolute atomic E-state index is 0.181. The van der Waals surface area contributed by atoms with Crippen LogP contribution in [0.3, 0.4) is 0 Å². The summed E-state index contributed by atoms with van der Waals surface area (Å²) in [4.78, 5) is 20.0. The lowest BCUT2D eigenvalue weighted by molar-refractivity contribution is 0.0951. The number of carbonyl (C=O) groups excluding carboxylic acids is 1. The second-order valence-corrected chi connectivity index (χ2v) is 4.06. The lowest BCUT2D eigenvalue weighted by Crippen LogP contribution is -2.23. The Morgan fingerprint density at radius 1 is 1.32 bits per heavy atom. The number of hydrogen-bond acceptors (Lipinski definition) is 5. The number of amides is 1. The number of aromatic nitrogens is 2. The van der Waals surface area contributed by atoms with Gasteiger partial charge in [-0.2, -0.15) is 0 Å². The van der Waals surface area contributed by atoms with Gasteiger partial charge in [-0.15, -0.1) is 0 Å². The van der Waals surface area contributed by atoms with Crippen molar-refractivity contribution in [3.63, 3.8) is 0 Å². The second kappa shape index (κ2) is 5.92. The highest BCUT2D eigenvalue weighted by Crippen LogP contribution is 2.06. The molecule has 6 nitrogen and oxygen atoms in total. The van der Waals surface area contributed by atoms with Gasteiger partial charge in [0, 0.05) is 30.2 Å². The van der Waals surface area contributed by atoms with Crippen molar-refractivity contribution in [3.05, 3.63) is 53.5 Å². The fraction of sp³-hybridized carbons (Fsp3) is 0.154. The number of anilines is 1. The van der Waals surface area contributed by atoms with Gasteiger partial charge in [0.2, 0.25) is 0 Å². The number of pyridine rings is 2. The van der Waals surface area contributed by atoms with Crippen molar-refractivity contribution in [1.82, 2.24) is 15.3 Å². The van der Waals surface area contributed by atoms with Crippen LogP contribution in [0.25, 0.3) is 0 Å². The number of nitrogens with zero attached hydrogens (tertiary/aromatic N) is 2. The van der Waals surface area contributed by atoms with Crippen molar-refractivity contribution in [2.75, 3.05) is 5.43 Å². The lowest BCUT2D eigenvalue weighted by Gasteiger charge is -2.06. The third kappa shape index (κ3) is 3.49. The normalized spacial score (nSPS) is 10.0. The highest BCUT2D eigenvalue weighted by molar-refractivity contribution is 5.94. The molecule has 98 valence electrons. The van der Waals surface area contributed by atoms with E-state index < -0.39 is 0 Å². The van der Waals surface area contributed by atoms with Gasteiger partial charge in [0.25, 0.3) is 5.91 Å². The summed E-state index contributed by atoms with van der Waals surface area (Å²) < 4.78 is 0. The standard InChI is InChI=1S/C13H15N5O/c1-9-2-3-10(7-16-9)8-17-13(19)11-4-5-15-12(6-11)18-14/h2-7H,8,14H2,1H3,(H,15,18)(H,17,19). The van der Waals surface area contributed by atoms with Crippen molar-refractivity contribution < 1.29 is 4.79 Å². The van der Waals surface area contributed by atoms with Gasteiger partial charge >= 0.3 is 0 Å². The van der Waals surface area contributed by atoms with E-state index in [1.54, 1.807) is 18.3 Å². The molecule has 0 fully saturated rings. The van der Waals surface area contributed by atoms with Crippen molar-refractivity contribution in [3.8, 4) is 0 Å². The van der Waals surface area contributed by atoms with E-state index in [-0.39, 0.29) is 5.91 Å². The molecule has 0 aromatic carbocycles. The number of hydrazine groups is 1. The molecule has 1 amide bonds. The Balaban J connectivity index is 1.99. The maximum atomic E-state index is 11.9. The first-order valence-corrected chi connectivity index (χ1v) is 5.81. The zero-order chi connectivity index (χ0) is 13.7. The SMILES string of the molecule is Cc1ccc(CNC(=O)c2ccnc(NN)c2)cn1. The fourth-order valence-electron chi connectivity index (χ4n) is 1.54. The molecule has 4 N–H and O–H groups in total. The average molecular weight is 257 g/mol. The molecule has 19 heavy (non-hydrogen) atoms. The van der Waals surface area contributed by atoms with Crippen LogP contribution in [-0.2, 0) is 6.54 Å². The Bertz CT molecular complexity index is 568. The van der Waals surface area contributed by atoms with Gasteiger partial charge in [-0.05, 0) is 30.7 Å². The molecule has 0 saturated carbocycles. The molecule has 0 atom stereocenters. The summed E-state index contributed by atoms with van der Waals surface area (Å²) in [7, 11) is 0. The predicted molar refractivity (Wildman–Crippen MR) is 72.2 cm³/mol. The third-order valence-corrected chi connectivity index (χ3v) is 2.60. The third-order valence-electron chi connectivity index (χ3n) is 2.60. The summed E-state index contributed by atoms with van der Waals surface area (Å²) in [5.41, 5.74) is 4.80. The second-order valence-electron chi connectivity index (χ2n) is 4.06. The minimum Gasteiger partial charge on any atom is -0.348 e. The molecule has 0 spiro atoms. The van der Waals surface area contributed by atoms with E-state index in [2.05, 4.69) is 20.7 Å². The van der Waals surface area contributed by atoms with Crippen molar-refractivity contribution in [1.29, 1.82) is 0 Å². The van der Waals surface area contributed by atoms with Gasteiger partial charge in [-0.3, -0.25) is 9.78 Å². The van der Waals surface area contributed by atoms with E-state index in [1.807, 2.05) is 19.1 Å². The van der Waals surface area contributed by atoms with E-state index in [1.165, 1.54) is 6.20 Å². The van der Waals surface area contributed by atoms with Crippen LogP contribution in [0.1, 0.15) is 21.6 Å². The molecule has 0 unspecified atom stereocenters. The molecule has 0 aliphatic carbocycles. The molecular formula is C13H15N5O. The Morgan fingerprint density at radius 3 is 2.84 bits per heavy atom. The highest BCUT2D eigenvalue weighted by Gasteiger charge is 2.06. The minimum atomic E-state index is -0.181. The number of rotatable bonds is 4. The number of hydrogen-bond donors (Lipinski definition) is 3. The zero-order valence-corrected chi connectivity index (χ0v) is 10.6. The number of aryl methyl sites for hydroxylation is 1. The maximum Gasteiger partial charge on any atom is 0.251 e. The largest absolute Gasteiger partial charge is 0.348 e. The van der Waals surface area contributed by atoms with Gasteiger partial charge in [0.05, 0.1) is 0 Å². The van der Waals surface area contributed by atoms with Gasteiger partial charge in [-0.1, -0.05) is 6.07 Å². The molecule has 6 heteroatoms. The highest BCUT2D eigenvalue weighted by atomic mass is 16.1. The molecule has 2 aromatic heterocycles. The van der Waals surface area contributed by atoms with E-state index in [0.29, 0.717) is 17.9 Å². The molecule has 0 aliphatic rings. The van der Waals surface area contributed by atoms with Crippen molar-refractivity contribution in [2.24, 2.45) is 5.84 Å². The quantitative estimate of drug-likeness (QED) is 0.561. The van der Waals surface area contributed by atoms with Crippen LogP contribution in [0.15, 0.2) is 36.7 Å². The van der Waals surface area contributed by atoms with Crippen LogP contribution < -0.4 is 16.6 Å². The van der Waals surface area contributed by atoms with Crippen LogP contribution in [0, 0.1) is 6.92 Å². The first kappa shape index (κ1) is 13.0. The molecule has 0 radical (unpaired) electrons. The Morgan fingerprint density at radius 2 is 2.16 bits per heavy atom. The van der Waals surface area contributed by atoms with Crippen LogP contribution in [-0.4, -0.2) is 15.9 Å². The summed E-state index contributed by atoms with van der Waals surface area (Å²) in [5, 5.41) is 2.81. The maximum absolute atomic E-state index is 11.9. The first-order chi connectivity index (χ1) is 9.19. The van der Waals surface area contributed by atoms with Crippen LogP contribution in [0.2, 0.25) is 0 Å². The van der Waals surface area contributed by atoms with Crippen LogP contribution >= 0.6 is 0 Å². The average Bonchev–Trinajstić information content (AvgIpc) is 2.46. The van der Waals surface area contributed by atoms with Crippen molar-refractivity contribution in [2.45, 2.75) is 13.5 Å². The molecule has 0 aliphatic heterocycles. The van der Waals surface area contributed by atoms with Crippen LogP contribution in [0.4, 0.5) is 5.82 Å². The van der Waals surface area contributed by atoms with E-state index >= 15 is 0 Å². The molecule has 2 aromatic rings. The summed E-state index contributed by atoms with van der Waals surface area (Å²) in [5.74, 6) is 5.51.